The number of carbonyl (C=O) groups is 2. The molecule has 0 bridgehead atoms. The maximum atomic E-state index is 13.2. The number of piperidine rings is 1. The summed E-state index contributed by atoms with van der Waals surface area (Å²) >= 11 is 0. The number of likely N-dealkylation sites (N-methyl/N-ethyl adjacent to an activating group) is 1. The Labute approximate surface area is 161 Å². The van der Waals surface area contributed by atoms with Crippen LogP contribution >= 0.6 is 0 Å². The summed E-state index contributed by atoms with van der Waals surface area (Å²) in [7, 11) is 0. The Morgan fingerprint density at radius 2 is 1.85 bits per heavy atom. The lowest BCUT2D eigenvalue weighted by atomic mass is 9.78. The Morgan fingerprint density at radius 1 is 1.15 bits per heavy atom. The zero-order chi connectivity index (χ0) is 19.4. The Morgan fingerprint density at radius 3 is 2.52 bits per heavy atom. The molecule has 0 saturated carbocycles. The quantitative estimate of drug-likeness (QED) is 0.767. The number of hydrogen-bond donors (Lipinski definition) is 0. The summed E-state index contributed by atoms with van der Waals surface area (Å²) in [5.41, 5.74) is 0.506. The van der Waals surface area contributed by atoms with E-state index in [1.807, 2.05) is 9.80 Å². The van der Waals surface area contributed by atoms with Crippen molar-refractivity contribution in [3.8, 4) is 0 Å². The van der Waals surface area contributed by atoms with Gasteiger partial charge in [-0.3, -0.25) is 14.5 Å². The summed E-state index contributed by atoms with van der Waals surface area (Å²) in [6, 6.07) is 6.34. The minimum Gasteiger partial charge on any atom is -0.340 e. The van der Waals surface area contributed by atoms with Crippen molar-refractivity contribution in [3.05, 3.63) is 35.6 Å². The minimum absolute atomic E-state index is 0.124. The number of benzene rings is 1. The third kappa shape index (κ3) is 4.32. The number of carbonyl (C=O) groups excluding carboxylic acids is 2. The Bertz CT molecular complexity index is 675. The highest BCUT2D eigenvalue weighted by Gasteiger charge is 2.49. The lowest BCUT2D eigenvalue weighted by molar-refractivity contribution is -0.147. The van der Waals surface area contributed by atoms with Gasteiger partial charge in [-0.15, -0.1) is 0 Å². The van der Waals surface area contributed by atoms with E-state index in [4.69, 9.17) is 0 Å². The third-order valence-corrected chi connectivity index (χ3v) is 6.07. The van der Waals surface area contributed by atoms with Crippen LogP contribution < -0.4 is 0 Å². The van der Waals surface area contributed by atoms with Gasteiger partial charge in [-0.1, -0.05) is 26.0 Å². The molecule has 6 heteroatoms. The van der Waals surface area contributed by atoms with E-state index in [1.54, 1.807) is 12.1 Å². The molecule has 148 valence electrons. The normalized spacial score (nSPS) is 22.9. The largest absolute Gasteiger partial charge is 0.340 e. The first-order valence-electron chi connectivity index (χ1n) is 10.0. The molecule has 2 aliphatic rings. The third-order valence-electron chi connectivity index (χ3n) is 6.07. The van der Waals surface area contributed by atoms with E-state index in [-0.39, 0.29) is 17.6 Å². The van der Waals surface area contributed by atoms with E-state index in [0.29, 0.717) is 26.2 Å². The molecule has 1 aromatic rings. The molecule has 0 N–H and O–H groups in total. The molecule has 1 unspecified atom stereocenters. The number of hydrogen-bond acceptors (Lipinski definition) is 3. The number of halogens is 1. The monoisotopic (exact) mass is 375 g/mol. The highest BCUT2D eigenvalue weighted by Crippen LogP contribution is 2.40. The molecule has 2 aliphatic heterocycles. The van der Waals surface area contributed by atoms with Crippen LogP contribution in [0.25, 0.3) is 0 Å². The van der Waals surface area contributed by atoms with Gasteiger partial charge < -0.3 is 9.80 Å². The smallest absolute Gasteiger partial charge is 0.236 e. The Hall–Kier alpha value is -1.95. The fourth-order valence-electron chi connectivity index (χ4n) is 4.32. The predicted molar refractivity (Wildman–Crippen MR) is 102 cm³/mol. The van der Waals surface area contributed by atoms with Crippen molar-refractivity contribution in [3.63, 3.8) is 0 Å². The van der Waals surface area contributed by atoms with Crippen LogP contribution in [0.2, 0.25) is 0 Å². The van der Waals surface area contributed by atoms with Gasteiger partial charge in [0.05, 0.1) is 12.0 Å². The molecule has 1 aromatic carbocycles. The van der Waals surface area contributed by atoms with E-state index in [9.17, 15) is 14.0 Å². The van der Waals surface area contributed by atoms with E-state index in [0.717, 1.165) is 44.5 Å². The van der Waals surface area contributed by atoms with Crippen molar-refractivity contribution in [2.45, 2.75) is 39.7 Å². The Balaban J connectivity index is 1.64. The van der Waals surface area contributed by atoms with E-state index < -0.39 is 5.41 Å². The van der Waals surface area contributed by atoms with Gasteiger partial charge >= 0.3 is 0 Å². The van der Waals surface area contributed by atoms with Crippen molar-refractivity contribution in [1.29, 1.82) is 0 Å². The van der Waals surface area contributed by atoms with Gasteiger partial charge in [-0.25, -0.2) is 4.39 Å². The van der Waals surface area contributed by atoms with Crippen molar-refractivity contribution in [2.75, 3.05) is 39.3 Å². The fraction of sp³-hybridized carbons (Fsp3) is 0.619. The van der Waals surface area contributed by atoms with Crippen LogP contribution in [0.1, 0.15) is 38.7 Å². The molecule has 2 saturated heterocycles. The summed E-state index contributed by atoms with van der Waals surface area (Å²) in [5, 5.41) is 0. The maximum Gasteiger partial charge on any atom is 0.236 e. The molecule has 0 aliphatic carbocycles. The number of likely N-dealkylation sites (tertiary alicyclic amines) is 2. The number of nitrogens with zero attached hydrogens (tertiary/aromatic N) is 3. The highest BCUT2D eigenvalue weighted by molar-refractivity contribution is 5.86. The predicted octanol–water partition coefficient (Wildman–Crippen LogP) is 2.51. The van der Waals surface area contributed by atoms with Gasteiger partial charge in [0.25, 0.3) is 0 Å². The summed E-state index contributed by atoms with van der Waals surface area (Å²) in [6.07, 6.45) is 2.54. The zero-order valence-corrected chi connectivity index (χ0v) is 16.4. The first-order valence-corrected chi connectivity index (χ1v) is 10.0. The van der Waals surface area contributed by atoms with E-state index in [2.05, 4.69) is 18.7 Å². The van der Waals surface area contributed by atoms with Gasteiger partial charge in [0.1, 0.15) is 5.82 Å². The molecule has 5 nitrogen and oxygen atoms in total. The second-order valence-electron chi connectivity index (χ2n) is 7.76. The average molecular weight is 375 g/mol. The summed E-state index contributed by atoms with van der Waals surface area (Å²) in [4.78, 5) is 31.7. The van der Waals surface area contributed by atoms with Crippen molar-refractivity contribution >= 4 is 11.8 Å². The van der Waals surface area contributed by atoms with Gasteiger partial charge in [-0.2, -0.15) is 0 Å². The van der Waals surface area contributed by atoms with Crippen LogP contribution in [0, 0.1) is 11.2 Å². The van der Waals surface area contributed by atoms with Crippen LogP contribution in [0.15, 0.2) is 24.3 Å². The Kier molecular flexibility index (Phi) is 6.15. The van der Waals surface area contributed by atoms with Crippen LogP contribution in [-0.2, 0) is 16.1 Å². The van der Waals surface area contributed by atoms with Gasteiger partial charge in [0.2, 0.25) is 11.8 Å². The molecular weight excluding hydrogens is 345 g/mol. The highest BCUT2D eigenvalue weighted by atomic mass is 19.1. The standard InChI is InChI=1S/C21H30FN3O2/c1-3-23(4-2)15-19(26)25-13-11-21(16-25)10-5-12-24(20(21)27)14-17-6-8-18(22)9-7-17/h6-9H,3-5,10-16H2,1-2H3. The summed E-state index contributed by atoms with van der Waals surface area (Å²) in [5.74, 6) is 0.00795. The fourth-order valence-corrected chi connectivity index (χ4v) is 4.32. The van der Waals surface area contributed by atoms with Crippen LogP contribution in [0.3, 0.4) is 0 Å². The summed E-state index contributed by atoms with van der Waals surface area (Å²) < 4.78 is 13.1. The second kappa shape index (κ2) is 8.38. The molecule has 0 radical (unpaired) electrons. The molecule has 2 fully saturated rings. The van der Waals surface area contributed by atoms with Crippen molar-refractivity contribution in [1.82, 2.24) is 14.7 Å². The zero-order valence-electron chi connectivity index (χ0n) is 16.4. The first-order chi connectivity index (χ1) is 13.0. The first kappa shape index (κ1) is 19.8. The number of rotatable bonds is 6. The molecule has 27 heavy (non-hydrogen) atoms. The molecule has 2 heterocycles. The molecule has 0 aromatic heterocycles. The molecule has 2 amide bonds. The molecule has 1 spiro atoms. The topological polar surface area (TPSA) is 43.9 Å². The van der Waals surface area contributed by atoms with Crippen LogP contribution in [0.4, 0.5) is 4.39 Å². The van der Waals surface area contributed by atoms with Gasteiger partial charge in [0.15, 0.2) is 0 Å². The van der Waals surface area contributed by atoms with E-state index >= 15 is 0 Å². The minimum atomic E-state index is -0.433. The summed E-state index contributed by atoms with van der Waals surface area (Å²) in [6.45, 7) is 8.68. The van der Waals surface area contributed by atoms with Crippen molar-refractivity contribution < 1.29 is 14.0 Å². The lowest BCUT2D eigenvalue weighted by Crippen LogP contribution is -2.50. The van der Waals surface area contributed by atoms with Crippen LogP contribution in [0.5, 0.6) is 0 Å². The second-order valence-corrected chi connectivity index (χ2v) is 7.76. The number of amides is 2. The van der Waals surface area contributed by atoms with Crippen LogP contribution in [-0.4, -0.2) is 65.8 Å². The molecule has 3 rings (SSSR count). The van der Waals surface area contributed by atoms with Gasteiger partial charge in [-0.05, 0) is 50.0 Å². The van der Waals surface area contributed by atoms with Gasteiger partial charge in [0, 0.05) is 26.2 Å². The van der Waals surface area contributed by atoms with E-state index in [1.165, 1.54) is 12.1 Å². The lowest BCUT2D eigenvalue weighted by Gasteiger charge is -2.39. The molecular formula is C21H30FN3O2. The maximum absolute atomic E-state index is 13.2. The SMILES string of the molecule is CCN(CC)CC(=O)N1CCC2(CCCN(Cc3ccc(F)cc3)C2=O)C1. The average Bonchev–Trinajstić information content (AvgIpc) is 3.10. The molecule has 1 atom stereocenters. The van der Waals surface area contributed by atoms with Crippen molar-refractivity contribution in [2.24, 2.45) is 5.41 Å².